The molecule has 0 saturated heterocycles. The summed E-state index contributed by atoms with van der Waals surface area (Å²) >= 11 is 12.4. The van der Waals surface area contributed by atoms with Crippen molar-refractivity contribution in [1.29, 1.82) is 0 Å². The van der Waals surface area contributed by atoms with Crippen molar-refractivity contribution in [3.05, 3.63) is 93.2 Å². The Bertz CT molecular complexity index is 928. The Morgan fingerprint density at radius 2 is 1.48 bits per heavy atom. The van der Waals surface area contributed by atoms with Gasteiger partial charge in [-0.1, -0.05) is 47.5 Å². The van der Waals surface area contributed by atoms with Crippen LogP contribution in [0.2, 0.25) is 10.0 Å². The highest BCUT2D eigenvalue weighted by molar-refractivity contribution is 6.35. The molecule has 0 amide bonds. The standard InChI is InChI=1S/C23H22Cl2FNO2/c1-2-28-23-12-17(14-27-13-16-6-9-18(26)10-7-16)8-11-22(23)29-15-19-20(24)4-3-5-21(19)25/h3-12,27H,2,13-15H2,1H3. The lowest BCUT2D eigenvalue weighted by molar-refractivity contribution is 0.269. The summed E-state index contributed by atoms with van der Waals surface area (Å²) < 4.78 is 24.7. The summed E-state index contributed by atoms with van der Waals surface area (Å²) in [6.07, 6.45) is 0. The molecular formula is C23H22Cl2FNO2. The molecule has 0 aliphatic carbocycles. The van der Waals surface area contributed by atoms with Gasteiger partial charge in [-0.2, -0.15) is 0 Å². The van der Waals surface area contributed by atoms with Crippen LogP contribution < -0.4 is 14.8 Å². The Balaban J connectivity index is 1.64. The third-order valence-corrected chi connectivity index (χ3v) is 5.02. The zero-order chi connectivity index (χ0) is 20.6. The van der Waals surface area contributed by atoms with E-state index in [-0.39, 0.29) is 12.4 Å². The molecular weight excluding hydrogens is 412 g/mol. The van der Waals surface area contributed by atoms with Crippen LogP contribution in [0.3, 0.4) is 0 Å². The highest BCUT2D eigenvalue weighted by Crippen LogP contribution is 2.31. The topological polar surface area (TPSA) is 30.5 Å². The minimum absolute atomic E-state index is 0.233. The zero-order valence-corrected chi connectivity index (χ0v) is 17.6. The first kappa shape index (κ1) is 21.4. The normalized spacial score (nSPS) is 10.8. The van der Waals surface area contributed by atoms with Gasteiger partial charge >= 0.3 is 0 Å². The molecule has 0 fully saturated rings. The molecule has 3 aromatic carbocycles. The fraction of sp³-hybridized carbons (Fsp3) is 0.217. The van der Waals surface area contributed by atoms with Gasteiger partial charge in [-0.05, 0) is 54.4 Å². The Morgan fingerprint density at radius 3 is 2.17 bits per heavy atom. The molecule has 0 aromatic heterocycles. The maximum absolute atomic E-state index is 13.0. The number of hydrogen-bond donors (Lipinski definition) is 1. The van der Waals surface area contributed by atoms with Crippen molar-refractivity contribution in [2.75, 3.05) is 6.61 Å². The van der Waals surface area contributed by atoms with Crippen molar-refractivity contribution < 1.29 is 13.9 Å². The first-order valence-electron chi connectivity index (χ1n) is 9.33. The van der Waals surface area contributed by atoms with E-state index in [1.807, 2.05) is 25.1 Å². The van der Waals surface area contributed by atoms with E-state index in [0.717, 1.165) is 16.7 Å². The van der Waals surface area contributed by atoms with Gasteiger partial charge in [-0.3, -0.25) is 0 Å². The molecule has 3 rings (SSSR count). The van der Waals surface area contributed by atoms with E-state index in [1.54, 1.807) is 30.3 Å². The number of nitrogens with one attached hydrogen (secondary N) is 1. The van der Waals surface area contributed by atoms with Gasteiger partial charge in [0.1, 0.15) is 12.4 Å². The van der Waals surface area contributed by atoms with Gasteiger partial charge < -0.3 is 14.8 Å². The molecule has 3 nitrogen and oxygen atoms in total. The van der Waals surface area contributed by atoms with Gasteiger partial charge in [0.2, 0.25) is 0 Å². The lowest BCUT2D eigenvalue weighted by Gasteiger charge is -2.15. The minimum atomic E-state index is -0.233. The molecule has 3 aromatic rings. The number of hydrogen-bond acceptors (Lipinski definition) is 3. The van der Waals surface area contributed by atoms with Gasteiger partial charge in [-0.25, -0.2) is 4.39 Å². The summed E-state index contributed by atoms with van der Waals surface area (Å²) in [6, 6.07) is 17.6. The molecule has 0 saturated carbocycles. The summed E-state index contributed by atoms with van der Waals surface area (Å²) in [5.41, 5.74) is 2.81. The molecule has 6 heteroatoms. The van der Waals surface area contributed by atoms with E-state index in [1.165, 1.54) is 12.1 Å². The lowest BCUT2D eigenvalue weighted by atomic mass is 10.1. The Labute approximate surface area is 180 Å². The number of rotatable bonds is 9. The van der Waals surface area contributed by atoms with Crippen LogP contribution in [0.5, 0.6) is 11.5 Å². The molecule has 0 radical (unpaired) electrons. The highest BCUT2D eigenvalue weighted by Gasteiger charge is 2.10. The van der Waals surface area contributed by atoms with Crippen molar-refractivity contribution >= 4 is 23.2 Å². The highest BCUT2D eigenvalue weighted by atomic mass is 35.5. The number of ether oxygens (including phenoxy) is 2. The van der Waals surface area contributed by atoms with Crippen LogP contribution in [-0.2, 0) is 19.7 Å². The molecule has 29 heavy (non-hydrogen) atoms. The van der Waals surface area contributed by atoms with E-state index in [0.29, 0.717) is 41.2 Å². The van der Waals surface area contributed by atoms with Crippen LogP contribution >= 0.6 is 23.2 Å². The van der Waals surface area contributed by atoms with Crippen LogP contribution in [0.1, 0.15) is 23.6 Å². The van der Waals surface area contributed by atoms with Crippen LogP contribution in [-0.4, -0.2) is 6.61 Å². The molecule has 0 atom stereocenters. The van der Waals surface area contributed by atoms with Crippen LogP contribution in [0.15, 0.2) is 60.7 Å². The van der Waals surface area contributed by atoms with E-state index < -0.39 is 0 Å². The van der Waals surface area contributed by atoms with Gasteiger partial charge in [0, 0.05) is 28.7 Å². The van der Waals surface area contributed by atoms with Crippen LogP contribution in [0.4, 0.5) is 4.39 Å². The summed E-state index contributed by atoms with van der Waals surface area (Å²) in [5, 5.41) is 4.48. The van der Waals surface area contributed by atoms with Crippen LogP contribution in [0, 0.1) is 5.82 Å². The maximum Gasteiger partial charge on any atom is 0.161 e. The van der Waals surface area contributed by atoms with Crippen molar-refractivity contribution in [3.63, 3.8) is 0 Å². The van der Waals surface area contributed by atoms with Crippen molar-refractivity contribution in [2.45, 2.75) is 26.6 Å². The maximum atomic E-state index is 13.0. The average Bonchev–Trinajstić information content (AvgIpc) is 2.71. The largest absolute Gasteiger partial charge is 0.490 e. The van der Waals surface area contributed by atoms with Crippen molar-refractivity contribution in [3.8, 4) is 11.5 Å². The molecule has 0 spiro atoms. The average molecular weight is 434 g/mol. The second kappa shape index (κ2) is 10.5. The van der Waals surface area contributed by atoms with Gasteiger partial charge in [0.05, 0.1) is 6.61 Å². The fourth-order valence-corrected chi connectivity index (χ4v) is 3.33. The Morgan fingerprint density at radius 1 is 0.828 bits per heavy atom. The number of benzene rings is 3. The van der Waals surface area contributed by atoms with E-state index in [2.05, 4.69) is 5.32 Å². The fourth-order valence-electron chi connectivity index (χ4n) is 2.82. The Hall–Kier alpha value is -2.27. The zero-order valence-electron chi connectivity index (χ0n) is 16.1. The van der Waals surface area contributed by atoms with E-state index in [9.17, 15) is 4.39 Å². The molecule has 0 aliphatic rings. The molecule has 0 unspecified atom stereocenters. The first-order chi connectivity index (χ1) is 14.1. The lowest BCUT2D eigenvalue weighted by Crippen LogP contribution is -2.13. The van der Waals surface area contributed by atoms with Gasteiger partial charge in [0.15, 0.2) is 11.5 Å². The minimum Gasteiger partial charge on any atom is -0.490 e. The molecule has 0 bridgehead atoms. The third-order valence-electron chi connectivity index (χ3n) is 4.31. The predicted molar refractivity (Wildman–Crippen MR) is 115 cm³/mol. The molecule has 152 valence electrons. The summed E-state index contributed by atoms with van der Waals surface area (Å²) in [7, 11) is 0. The van der Waals surface area contributed by atoms with Crippen molar-refractivity contribution in [1.82, 2.24) is 5.32 Å². The predicted octanol–water partition coefficient (Wildman–Crippen LogP) is 6.40. The van der Waals surface area contributed by atoms with Crippen molar-refractivity contribution in [2.24, 2.45) is 0 Å². The molecule has 0 heterocycles. The molecule has 1 N–H and O–H groups in total. The van der Waals surface area contributed by atoms with Gasteiger partial charge in [0.25, 0.3) is 0 Å². The second-order valence-corrected chi connectivity index (χ2v) is 7.25. The molecule has 0 aliphatic heterocycles. The monoisotopic (exact) mass is 433 g/mol. The van der Waals surface area contributed by atoms with Gasteiger partial charge in [-0.15, -0.1) is 0 Å². The summed E-state index contributed by atoms with van der Waals surface area (Å²) in [5.74, 6) is 1.06. The SMILES string of the molecule is CCOc1cc(CNCc2ccc(F)cc2)ccc1OCc1c(Cl)cccc1Cl. The summed E-state index contributed by atoms with van der Waals surface area (Å²) in [6.45, 7) is 3.99. The van der Waals surface area contributed by atoms with E-state index >= 15 is 0 Å². The second-order valence-electron chi connectivity index (χ2n) is 6.43. The quantitative estimate of drug-likeness (QED) is 0.423. The third kappa shape index (κ3) is 6.10. The smallest absolute Gasteiger partial charge is 0.161 e. The first-order valence-corrected chi connectivity index (χ1v) is 10.1. The number of halogens is 3. The van der Waals surface area contributed by atoms with Crippen LogP contribution in [0.25, 0.3) is 0 Å². The van der Waals surface area contributed by atoms with E-state index in [4.69, 9.17) is 32.7 Å². The Kier molecular flexibility index (Phi) is 7.76. The summed E-state index contributed by atoms with van der Waals surface area (Å²) in [4.78, 5) is 0.